The molecule has 0 aliphatic heterocycles. The van der Waals surface area contributed by atoms with Crippen LogP contribution in [0.2, 0.25) is 5.02 Å². The van der Waals surface area contributed by atoms with Gasteiger partial charge in [-0.1, -0.05) is 23.7 Å². The summed E-state index contributed by atoms with van der Waals surface area (Å²) in [6.07, 6.45) is 1.81. The van der Waals surface area contributed by atoms with Crippen molar-refractivity contribution in [1.82, 2.24) is 4.98 Å². The number of hydrogen-bond donors (Lipinski definition) is 1. The number of anilines is 1. The van der Waals surface area contributed by atoms with Crippen molar-refractivity contribution in [1.29, 1.82) is 0 Å². The molecule has 0 spiro atoms. The van der Waals surface area contributed by atoms with E-state index in [1.165, 1.54) is 0 Å². The number of para-hydroxylation sites is 1. The normalized spacial score (nSPS) is 10.3. The minimum Gasteiger partial charge on any atom is -0.383 e. The Bertz CT molecular complexity index is 505. The summed E-state index contributed by atoms with van der Waals surface area (Å²) >= 11 is 11.1. The van der Waals surface area contributed by atoms with E-state index in [0.29, 0.717) is 0 Å². The van der Waals surface area contributed by atoms with Gasteiger partial charge in [-0.3, -0.25) is 0 Å². The number of hydrogen-bond acceptors (Lipinski definition) is 3. The van der Waals surface area contributed by atoms with Crippen molar-refractivity contribution >= 4 is 45.0 Å². The van der Waals surface area contributed by atoms with Crippen LogP contribution in [0.3, 0.4) is 0 Å². The van der Waals surface area contributed by atoms with E-state index in [1.54, 1.807) is 11.8 Å². The Labute approximate surface area is 124 Å². The fourth-order valence-electron chi connectivity index (χ4n) is 1.39. The van der Waals surface area contributed by atoms with Crippen molar-refractivity contribution in [3.8, 4) is 0 Å². The molecule has 18 heavy (non-hydrogen) atoms. The monoisotopic (exact) mass is 342 g/mol. The molecule has 0 unspecified atom stereocenters. The average Bonchev–Trinajstić information content (AvgIpc) is 2.39. The Hall–Kier alpha value is -0.710. The highest BCUT2D eigenvalue weighted by Crippen LogP contribution is 2.21. The topological polar surface area (TPSA) is 24.9 Å². The maximum absolute atomic E-state index is 6.05. The van der Waals surface area contributed by atoms with Crippen LogP contribution < -0.4 is 5.32 Å². The molecule has 0 bridgehead atoms. The second-order valence-corrected chi connectivity index (χ2v) is 6.01. The van der Waals surface area contributed by atoms with Gasteiger partial charge in [-0.25, -0.2) is 4.98 Å². The highest BCUT2D eigenvalue weighted by Gasteiger charge is 1.98. The number of benzene rings is 1. The van der Waals surface area contributed by atoms with Crippen molar-refractivity contribution < 1.29 is 0 Å². The Balaban J connectivity index is 1.76. The fourth-order valence-corrected chi connectivity index (χ4v) is 2.54. The van der Waals surface area contributed by atoms with E-state index in [2.05, 4.69) is 26.2 Å². The van der Waals surface area contributed by atoms with Gasteiger partial charge in [-0.15, -0.1) is 11.8 Å². The van der Waals surface area contributed by atoms with Crippen LogP contribution >= 0.6 is 39.3 Å². The van der Waals surface area contributed by atoms with Gasteiger partial charge >= 0.3 is 0 Å². The highest BCUT2D eigenvalue weighted by atomic mass is 79.9. The molecular formula is C13H12BrClN2S. The maximum Gasteiger partial charge on any atom is 0.0961 e. The molecule has 0 atom stereocenters. The molecule has 1 heterocycles. The quantitative estimate of drug-likeness (QED) is 0.629. The lowest BCUT2D eigenvalue weighted by molar-refractivity contribution is 1.12. The molecule has 2 rings (SSSR count). The van der Waals surface area contributed by atoms with Gasteiger partial charge < -0.3 is 5.32 Å². The van der Waals surface area contributed by atoms with Crippen LogP contribution in [0.5, 0.6) is 0 Å². The lowest BCUT2D eigenvalue weighted by atomic mass is 10.3. The first-order valence-corrected chi connectivity index (χ1v) is 7.64. The third-order valence-corrected chi connectivity index (χ3v) is 3.99. The van der Waals surface area contributed by atoms with Gasteiger partial charge in [0.25, 0.3) is 0 Å². The SMILES string of the molecule is Clc1ccccc1NCCSc1ccc(Br)cn1. The van der Waals surface area contributed by atoms with Crippen LogP contribution in [0.25, 0.3) is 0 Å². The molecular weight excluding hydrogens is 332 g/mol. The molecule has 1 aromatic heterocycles. The van der Waals surface area contributed by atoms with Crippen LogP contribution in [-0.4, -0.2) is 17.3 Å². The molecule has 0 fully saturated rings. The molecule has 0 radical (unpaired) electrons. The summed E-state index contributed by atoms with van der Waals surface area (Å²) in [6, 6.07) is 11.8. The van der Waals surface area contributed by atoms with Crippen molar-refractivity contribution in [2.24, 2.45) is 0 Å². The highest BCUT2D eigenvalue weighted by molar-refractivity contribution is 9.10. The predicted octanol–water partition coefficient (Wildman–Crippen LogP) is 4.70. The van der Waals surface area contributed by atoms with Crippen molar-refractivity contribution in [3.63, 3.8) is 0 Å². The predicted molar refractivity (Wildman–Crippen MR) is 82.6 cm³/mol. The van der Waals surface area contributed by atoms with E-state index in [1.807, 2.05) is 42.6 Å². The zero-order chi connectivity index (χ0) is 12.8. The van der Waals surface area contributed by atoms with Crippen LogP contribution in [0.1, 0.15) is 0 Å². The first-order valence-electron chi connectivity index (χ1n) is 5.48. The lowest BCUT2D eigenvalue weighted by Crippen LogP contribution is -2.04. The number of halogens is 2. The third-order valence-electron chi connectivity index (χ3n) is 2.24. The molecule has 0 aliphatic rings. The first-order chi connectivity index (χ1) is 8.75. The summed E-state index contributed by atoms with van der Waals surface area (Å²) in [5, 5.41) is 5.09. The van der Waals surface area contributed by atoms with Crippen LogP contribution in [0, 0.1) is 0 Å². The number of rotatable bonds is 5. The van der Waals surface area contributed by atoms with Crippen molar-refractivity contribution in [3.05, 3.63) is 52.1 Å². The Morgan fingerprint density at radius 1 is 1.22 bits per heavy atom. The van der Waals surface area contributed by atoms with Gasteiger partial charge in [-0.2, -0.15) is 0 Å². The second kappa shape index (κ2) is 7.02. The summed E-state index contributed by atoms with van der Waals surface area (Å²) in [6.45, 7) is 0.853. The fraction of sp³-hybridized carbons (Fsp3) is 0.154. The average molecular weight is 344 g/mol. The van der Waals surface area contributed by atoms with E-state index in [0.717, 1.165) is 32.5 Å². The van der Waals surface area contributed by atoms with Gasteiger partial charge in [0.15, 0.2) is 0 Å². The molecule has 0 saturated heterocycles. The minimum atomic E-state index is 0.754. The zero-order valence-electron chi connectivity index (χ0n) is 9.57. The van der Waals surface area contributed by atoms with Crippen molar-refractivity contribution in [2.75, 3.05) is 17.6 Å². The molecule has 2 nitrogen and oxygen atoms in total. The molecule has 94 valence electrons. The van der Waals surface area contributed by atoms with E-state index in [9.17, 15) is 0 Å². The molecule has 1 N–H and O–H groups in total. The third kappa shape index (κ3) is 4.19. The van der Waals surface area contributed by atoms with Gasteiger partial charge in [0.2, 0.25) is 0 Å². The summed E-state index contributed by atoms with van der Waals surface area (Å²) in [4.78, 5) is 4.30. The summed E-state index contributed by atoms with van der Waals surface area (Å²) in [5.41, 5.74) is 0.975. The smallest absolute Gasteiger partial charge is 0.0961 e. The largest absolute Gasteiger partial charge is 0.383 e. The van der Waals surface area contributed by atoms with Crippen LogP contribution in [0.15, 0.2) is 52.1 Å². The Kier molecular flexibility index (Phi) is 5.35. The van der Waals surface area contributed by atoms with Crippen LogP contribution in [0.4, 0.5) is 5.69 Å². The number of nitrogens with one attached hydrogen (secondary N) is 1. The summed E-state index contributed by atoms with van der Waals surface area (Å²) < 4.78 is 1.00. The van der Waals surface area contributed by atoms with E-state index < -0.39 is 0 Å². The van der Waals surface area contributed by atoms with Crippen molar-refractivity contribution in [2.45, 2.75) is 5.03 Å². The molecule has 0 amide bonds. The first kappa shape index (κ1) is 13.7. The summed E-state index contributed by atoms with van der Waals surface area (Å²) in [5.74, 6) is 0.944. The molecule has 0 saturated carbocycles. The van der Waals surface area contributed by atoms with Gasteiger partial charge in [0.05, 0.1) is 15.7 Å². The number of aromatic nitrogens is 1. The number of nitrogens with zero attached hydrogens (tertiary/aromatic N) is 1. The maximum atomic E-state index is 6.05. The standard InChI is InChI=1S/C13H12BrClN2S/c14-10-5-6-13(17-9-10)18-8-7-16-12-4-2-1-3-11(12)15/h1-6,9,16H,7-8H2. The molecule has 0 aliphatic carbocycles. The van der Waals surface area contributed by atoms with Crippen LogP contribution in [-0.2, 0) is 0 Å². The van der Waals surface area contributed by atoms with E-state index >= 15 is 0 Å². The Morgan fingerprint density at radius 3 is 2.78 bits per heavy atom. The second-order valence-electron chi connectivity index (χ2n) is 3.57. The van der Waals surface area contributed by atoms with Gasteiger partial charge in [-0.05, 0) is 40.2 Å². The van der Waals surface area contributed by atoms with E-state index in [-0.39, 0.29) is 0 Å². The molecule has 2 aromatic rings. The van der Waals surface area contributed by atoms with Gasteiger partial charge in [0, 0.05) is 23.0 Å². The Morgan fingerprint density at radius 2 is 2.06 bits per heavy atom. The summed E-state index contributed by atoms with van der Waals surface area (Å²) in [7, 11) is 0. The number of thioether (sulfide) groups is 1. The lowest BCUT2D eigenvalue weighted by Gasteiger charge is -2.07. The zero-order valence-corrected chi connectivity index (χ0v) is 12.7. The molecule has 5 heteroatoms. The molecule has 1 aromatic carbocycles. The van der Waals surface area contributed by atoms with E-state index in [4.69, 9.17) is 11.6 Å². The minimum absolute atomic E-state index is 0.754. The van der Waals surface area contributed by atoms with Gasteiger partial charge in [0.1, 0.15) is 0 Å². The number of pyridine rings is 1.